The molecule has 2 rings (SSSR count). The lowest BCUT2D eigenvalue weighted by atomic mass is 10.1. The Morgan fingerprint density at radius 2 is 1.74 bits per heavy atom. The fourth-order valence-electron chi connectivity index (χ4n) is 2.27. The molecule has 0 amide bonds. The lowest BCUT2D eigenvalue weighted by Crippen LogP contribution is -2.15. The molecule has 0 atom stereocenters. The smallest absolute Gasteiger partial charge is 0.387 e. The van der Waals surface area contributed by atoms with E-state index in [4.69, 9.17) is 4.74 Å². The minimum Gasteiger partial charge on any atom is -0.454 e. The van der Waals surface area contributed by atoms with Crippen LogP contribution in [0.2, 0.25) is 0 Å². The summed E-state index contributed by atoms with van der Waals surface area (Å²) in [4.78, 5) is 34.0. The number of halogens is 4. The maximum atomic E-state index is 12.6. The maximum Gasteiger partial charge on any atom is 0.387 e. The Balaban J connectivity index is 2.04. The topological polar surface area (TPSA) is 105 Å². The molecule has 0 aliphatic rings. The fraction of sp³-hybridized carbons (Fsp3) is 0.158. The third-order valence-corrected chi connectivity index (χ3v) is 3.53. The minimum atomic E-state index is -3.35. The molecular formula is C19H13F4NO7. The van der Waals surface area contributed by atoms with E-state index in [0.717, 1.165) is 18.2 Å². The first kappa shape index (κ1) is 23.3. The van der Waals surface area contributed by atoms with Crippen LogP contribution in [0.1, 0.15) is 15.9 Å². The van der Waals surface area contributed by atoms with Crippen molar-refractivity contribution < 1.29 is 46.3 Å². The summed E-state index contributed by atoms with van der Waals surface area (Å²) in [5, 5.41) is 10.7. The van der Waals surface area contributed by atoms with Crippen LogP contribution in [-0.2, 0) is 9.53 Å². The Morgan fingerprint density at radius 3 is 2.39 bits per heavy atom. The van der Waals surface area contributed by atoms with E-state index < -0.39 is 53.6 Å². The number of nitrogens with zero attached hydrogens (tertiary/aromatic N) is 1. The number of hydrogen-bond acceptors (Lipinski definition) is 7. The van der Waals surface area contributed by atoms with Crippen molar-refractivity contribution in [1.29, 1.82) is 0 Å². The van der Waals surface area contributed by atoms with Crippen LogP contribution in [0.5, 0.6) is 11.5 Å². The molecule has 0 N–H and O–H groups in total. The summed E-state index contributed by atoms with van der Waals surface area (Å²) in [6.07, 6.45) is 2.12. The van der Waals surface area contributed by atoms with Gasteiger partial charge in [-0.15, -0.1) is 0 Å². The number of carbonyl (C=O) groups excluding carboxylic acids is 2. The van der Waals surface area contributed by atoms with Gasteiger partial charge in [0, 0.05) is 24.3 Å². The molecule has 0 unspecified atom stereocenters. The monoisotopic (exact) mass is 443 g/mol. The van der Waals surface area contributed by atoms with Crippen molar-refractivity contribution in [2.24, 2.45) is 0 Å². The van der Waals surface area contributed by atoms with Gasteiger partial charge in [-0.05, 0) is 23.8 Å². The van der Waals surface area contributed by atoms with E-state index in [0.29, 0.717) is 11.6 Å². The van der Waals surface area contributed by atoms with Gasteiger partial charge in [0.25, 0.3) is 5.69 Å². The molecule has 2 aromatic rings. The SMILES string of the molecule is O=C(C=Cc1cccc([N+](=O)[O-])c1)OCC(=O)c1ccc(OC(F)F)cc1OC(F)F. The Labute approximate surface area is 171 Å². The predicted octanol–water partition coefficient (Wildman–Crippen LogP) is 4.24. The normalized spacial score (nSPS) is 11.0. The molecule has 2 aromatic carbocycles. The number of carbonyl (C=O) groups is 2. The minimum absolute atomic E-state index is 0.198. The molecule has 0 saturated carbocycles. The molecule has 31 heavy (non-hydrogen) atoms. The molecule has 0 radical (unpaired) electrons. The number of alkyl halides is 4. The van der Waals surface area contributed by atoms with Gasteiger partial charge in [-0.1, -0.05) is 12.1 Å². The van der Waals surface area contributed by atoms with Crippen LogP contribution in [0.25, 0.3) is 6.08 Å². The van der Waals surface area contributed by atoms with E-state index in [9.17, 15) is 37.3 Å². The average molecular weight is 443 g/mol. The number of benzene rings is 2. The number of Topliss-reactive ketones (excluding diaryl/α,β-unsaturated/α-hetero) is 1. The molecule has 12 heteroatoms. The zero-order chi connectivity index (χ0) is 23.0. The molecule has 8 nitrogen and oxygen atoms in total. The Morgan fingerprint density at radius 1 is 1.03 bits per heavy atom. The number of rotatable bonds is 10. The van der Waals surface area contributed by atoms with Crippen molar-refractivity contribution in [2.45, 2.75) is 13.2 Å². The molecule has 0 bridgehead atoms. The van der Waals surface area contributed by atoms with E-state index in [1.54, 1.807) is 0 Å². The zero-order valence-corrected chi connectivity index (χ0v) is 15.4. The summed E-state index contributed by atoms with van der Waals surface area (Å²) in [7, 11) is 0. The summed E-state index contributed by atoms with van der Waals surface area (Å²) in [5.74, 6) is -3.19. The third kappa shape index (κ3) is 7.42. The first-order chi connectivity index (χ1) is 14.7. The van der Waals surface area contributed by atoms with Crippen LogP contribution in [0.15, 0.2) is 48.5 Å². The maximum absolute atomic E-state index is 12.6. The highest BCUT2D eigenvalue weighted by Gasteiger charge is 2.19. The second-order valence-electron chi connectivity index (χ2n) is 5.63. The second kappa shape index (κ2) is 10.7. The summed E-state index contributed by atoms with van der Waals surface area (Å²) >= 11 is 0. The lowest BCUT2D eigenvalue weighted by molar-refractivity contribution is -0.384. The van der Waals surface area contributed by atoms with Gasteiger partial charge in [-0.3, -0.25) is 14.9 Å². The Kier molecular flexibility index (Phi) is 8.06. The number of hydrogen-bond donors (Lipinski definition) is 0. The molecule has 0 aromatic heterocycles. The molecule has 0 aliphatic carbocycles. The van der Waals surface area contributed by atoms with Gasteiger partial charge in [-0.25, -0.2) is 4.79 Å². The molecule has 164 valence electrons. The Hall–Kier alpha value is -3.96. The molecule has 0 fully saturated rings. The molecular weight excluding hydrogens is 430 g/mol. The fourth-order valence-corrected chi connectivity index (χ4v) is 2.27. The van der Waals surface area contributed by atoms with E-state index in [-0.39, 0.29) is 5.69 Å². The van der Waals surface area contributed by atoms with Crippen molar-refractivity contribution in [3.8, 4) is 11.5 Å². The van der Waals surface area contributed by atoms with E-state index in [1.807, 2.05) is 0 Å². The summed E-state index contributed by atoms with van der Waals surface area (Å²) in [6, 6.07) is 7.86. The van der Waals surface area contributed by atoms with E-state index >= 15 is 0 Å². The Bertz CT molecular complexity index is 995. The van der Waals surface area contributed by atoms with Gasteiger partial charge in [0.1, 0.15) is 11.5 Å². The number of nitro groups is 1. The molecule has 0 spiro atoms. The van der Waals surface area contributed by atoms with Crippen molar-refractivity contribution in [3.63, 3.8) is 0 Å². The van der Waals surface area contributed by atoms with Crippen LogP contribution in [-0.4, -0.2) is 36.5 Å². The first-order valence-corrected chi connectivity index (χ1v) is 8.32. The van der Waals surface area contributed by atoms with Gasteiger partial charge >= 0.3 is 19.2 Å². The van der Waals surface area contributed by atoms with Crippen molar-refractivity contribution in [2.75, 3.05) is 6.61 Å². The van der Waals surface area contributed by atoms with Gasteiger partial charge < -0.3 is 14.2 Å². The highest BCUT2D eigenvalue weighted by molar-refractivity contribution is 6.01. The predicted molar refractivity (Wildman–Crippen MR) is 97.1 cm³/mol. The summed E-state index contributed by atoms with van der Waals surface area (Å²) < 4.78 is 62.5. The van der Waals surface area contributed by atoms with Crippen LogP contribution in [0.3, 0.4) is 0 Å². The van der Waals surface area contributed by atoms with Gasteiger partial charge in [0.15, 0.2) is 6.61 Å². The number of nitro benzene ring substituents is 1. The van der Waals surface area contributed by atoms with Crippen LogP contribution >= 0.6 is 0 Å². The molecule has 0 aliphatic heterocycles. The van der Waals surface area contributed by atoms with Crippen LogP contribution in [0.4, 0.5) is 23.2 Å². The van der Waals surface area contributed by atoms with Crippen LogP contribution in [0, 0.1) is 10.1 Å². The number of non-ortho nitro benzene ring substituents is 1. The van der Waals surface area contributed by atoms with Gasteiger partial charge in [-0.2, -0.15) is 17.6 Å². The first-order valence-electron chi connectivity index (χ1n) is 8.32. The van der Waals surface area contributed by atoms with Gasteiger partial charge in [0.2, 0.25) is 5.78 Å². The van der Waals surface area contributed by atoms with Crippen LogP contribution < -0.4 is 9.47 Å². The standard InChI is InChI=1S/C19H13F4NO7/c20-18(21)30-13-5-6-14(16(9-13)31-19(22)23)15(25)10-29-17(26)7-4-11-2-1-3-12(8-11)24(27)28/h1-9,18-19H,10H2. The quantitative estimate of drug-likeness (QED) is 0.135. The number of ether oxygens (including phenoxy) is 3. The summed E-state index contributed by atoms with van der Waals surface area (Å²) in [6.45, 7) is -7.44. The van der Waals surface area contributed by atoms with Crippen molar-refractivity contribution >= 4 is 23.5 Å². The van der Waals surface area contributed by atoms with E-state index in [2.05, 4.69) is 9.47 Å². The van der Waals surface area contributed by atoms with Gasteiger partial charge in [0.05, 0.1) is 10.5 Å². The highest BCUT2D eigenvalue weighted by Crippen LogP contribution is 2.28. The van der Waals surface area contributed by atoms with Crippen molar-refractivity contribution in [1.82, 2.24) is 0 Å². The summed E-state index contributed by atoms with van der Waals surface area (Å²) in [5.41, 5.74) is -0.325. The van der Waals surface area contributed by atoms with Crippen molar-refractivity contribution in [3.05, 3.63) is 69.8 Å². The third-order valence-electron chi connectivity index (χ3n) is 3.53. The lowest BCUT2D eigenvalue weighted by Gasteiger charge is -2.12. The number of ketones is 1. The largest absolute Gasteiger partial charge is 0.454 e. The average Bonchev–Trinajstić information content (AvgIpc) is 2.70. The van der Waals surface area contributed by atoms with E-state index in [1.165, 1.54) is 30.3 Å². The molecule has 0 saturated heterocycles. The molecule has 0 heterocycles. The number of esters is 1. The highest BCUT2D eigenvalue weighted by atomic mass is 19.3. The second-order valence-corrected chi connectivity index (χ2v) is 5.63. The zero-order valence-electron chi connectivity index (χ0n) is 15.4.